The molecule has 4 heterocycles. The van der Waals surface area contributed by atoms with Crippen molar-refractivity contribution in [2.75, 3.05) is 5.32 Å². The summed E-state index contributed by atoms with van der Waals surface area (Å²) in [4.78, 5) is 21.1. The Bertz CT molecular complexity index is 1310. The zero-order chi connectivity index (χ0) is 21.0. The number of furan rings is 1. The van der Waals surface area contributed by atoms with Crippen LogP contribution in [0.15, 0.2) is 86.7 Å². The van der Waals surface area contributed by atoms with Crippen LogP contribution in [0.25, 0.3) is 22.9 Å². The van der Waals surface area contributed by atoms with Crippen molar-refractivity contribution in [3.63, 3.8) is 0 Å². The maximum atomic E-state index is 12.7. The minimum absolute atomic E-state index is 0.138. The molecule has 1 aromatic carbocycles. The average Bonchev–Trinajstić information content (AvgIpc) is 3.57. The Kier molecular flexibility index (Phi) is 4.82. The van der Waals surface area contributed by atoms with Gasteiger partial charge in [-0.15, -0.1) is 0 Å². The predicted octanol–water partition coefficient (Wildman–Crippen LogP) is 4.22. The summed E-state index contributed by atoms with van der Waals surface area (Å²) >= 11 is 0. The molecule has 0 atom stereocenters. The van der Waals surface area contributed by atoms with Crippen LogP contribution < -0.4 is 5.32 Å². The molecule has 0 fully saturated rings. The molecule has 0 bridgehead atoms. The third-order valence-corrected chi connectivity index (χ3v) is 4.52. The van der Waals surface area contributed by atoms with Gasteiger partial charge in [0.2, 0.25) is 17.5 Å². The lowest BCUT2D eigenvalue weighted by molar-refractivity contribution is 0.101. The van der Waals surface area contributed by atoms with Gasteiger partial charge in [0, 0.05) is 29.7 Å². The fourth-order valence-corrected chi connectivity index (χ4v) is 3.01. The Morgan fingerprint density at radius 2 is 1.81 bits per heavy atom. The normalized spacial score (nSPS) is 10.8. The molecule has 0 aliphatic carbocycles. The molecule has 1 N–H and O–H groups in total. The van der Waals surface area contributed by atoms with Crippen LogP contribution in [0.1, 0.15) is 21.9 Å². The molecule has 31 heavy (non-hydrogen) atoms. The highest BCUT2D eigenvalue weighted by Crippen LogP contribution is 2.23. The second kappa shape index (κ2) is 8.07. The Morgan fingerprint density at radius 1 is 0.935 bits per heavy atom. The molecule has 0 aliphatic rings. The molecule has 0 unspecified atom stereocenters. The summed E-state index contributed by atoms with van der Waals surface area (Å²) in [5, 5.41) is 10.7. The molecule has 0 spiro atoms. The topological polar surface area (TPSA) is 120 Å². The minimum Gasteiger partial charge on any atom is -0.461 e. The molecule has 152 valence electrons. The van der Waals surface area contributed by atoms with Crippen LogP contribution in [0.4, 0.5) is 5.69 Å². The minimum atomic E-state index is -0.406. The van der Waals surface area contributed by atoms with Gasteiger partial charge in [0.15, 0.2) is 11.5 Å². The molecule has 1 amide bonds. The van der Waals surface area contributed by atoms with E-state index in [-0.39, 0.29) is 5.69 Å². The van der Waals surface area contributed by atoms with E-state index in [2.05, 4.69) is 25.6 Å². The highest BCUT2D eigenvalue weighted by atomic mass is 16.5. The van der Waals surface area contributed by atoms with E-state index in [1.807, 2.05) is 18.2 Å². The SMILES string of the molecule is O=C(Nc1ccccc1Cc1nc(-c2ccncc2)no1)c1cc(-c2ccco2)on1. The summed E-state index contributed by atoms with van der Waals surface area (Å²) in [6.45, 7) is 0. The van der Waals surface area contributed by atoms with E-state index in [9.17, 15) is 4.79 Å². The molecule has 4 aromatic heterocycles. The van der Waals surface area contributed by atoms with Crippen molar-refractivity contribution in [2.45, 2.75) is 6.42 Å². The number of carbonyl (C=O) groups excluding carboxylic acids is 1. The number of pyridine rings is 1. The van der Waals surface area contributed by atoms with Gasteiger partial charge in [0.05, 0.1) is 12.7 Å². The van der Waals surface area contributed by atoms with Gasteiger partial charge in [-0.25, -0.2) is 0 Å². The first-order chi connectivity index (χ1) is 15.3. The van der Waals surface area contributed by atoms with Crippen molar-refractivity contribution in [3.05, 3.63) is 90.4 Å². The summed E-state index contributed by atoms with van der Waals surface area (Å²) in [6.07, 6.45) is 5.20. The van der Waals surface area contributed by atoms with Gasteiger partial charge in [-0.05, 0) is 35.9 Å². The van der Waals surface area contributed by atoms with Crippen molar-refractivity contribution >= 4 is 11.6 Å². The molecular formula is C22H15N5O4. The quantitative estimate of drug-likeness (QED) is 0.439. The Hall–Kier alpha value is -4.53. The lowest BCUT2D eigenvalue weighted by Gasteiger charge is -2.08. The van der Waals surface area contributed by atoms with E-state index in [0.29, 0.717) is 35.3 Å². The maximum absolute atomic E-state index is 12.7. The largest absolute Gasteiger partial charge is 0.461 e. The fraction of sp³-hybridized carbons (Fsp3) is 0.0455. The van der Waals surface area contributed by atoms with Crippen LogP contribution in [-0.2, 0) is 6.42 Å². The molecule has 0 saturated carbocycles. The lowest BCUT2D eigenvalue weighted by atomic mass is 10.1. The molecule has 0 saturated heterocycles. The Balaban J connectivity index is 1.33. The van der Waals surface area contributed by atoms with Gasteiger partial charge in [0.1, 0.15) is 0 Å². The zero-order valence-electron chi connectivity index (χ0n) is 16.1. The van der Waals surface area contributed by atoms with Crippen molar-refractivity contribution in [1.29, 1.82) is 0 Å². The first-order valence-corrected chi connectivity index (χ1v) is 9.39. The number of hydrogen-bond acceptors (Lipinski definition) is 8. The van der Waals surface area contributed by atoms with Gasteiger partial charge >= 0.3 is 0 Å². The molecule has 0 aliphatic heterocycles. The van der Waals surface area contributed by atoms with Crippen LogP contribution in [-0.4, -0.2) is 26.2 Å². The van der Waals surface area contributed by atoms with Gasteiger partial charge in [-0.3, -0.25) is 9.78 Å². The summed E-state index contributed by atoms with van der Waals surface area (Å²) in [5.41, 5.74) is 2.37. The van der Waals surface area contributed by atoms with Crippen molar-refractivity contribution < 1.29 is 18.3 Å². The highest BCUT2D eigenvalue weighted by molar-refractivity contribution is 6.03. The summed E-state index contributed by atoms with van der Waals surface area (Å²) in [5.74, 6) is 1.37. The van der Waals surface area contributed by atoms with E-state index in [0.717, 1.165) is 11.1 Å². The molecule has 9 nitrogen and oxygen atoms in total. The standard InChI is InChI=1S/C22H15N5O4/c28-22(17-13-19(30-26-17)18-6-3-11-29-18)24-16-5-2-1-4-15(16)12-20-25-21(27-31-20)14-7-9-23-10-8-14/h1-11,13H,12H2,(H,24,28). The van der Waals surface area contributed by atoms with Crippen LogP contribution in [0.5, 0.6) is 0 Å². The molecule has 9 heteroatoms. The number of anilines is 1. The van der Waals surface area contributed by atoms with E-state index in [1.54, 1.807) is 42.7 Å². The van der Waals surface area contributed by atoms with Crippen molar-refractivity contribution in [3.8, 4) is 22.9 Å². The van der Waals surface area contributed by atoms with Gasteiger partial charge in [-0.2, -0.15) is 4.98 Å². The molecular weight excluding hydrogens is 398 g/mol. The number of nitrogens with one attached hydrogen (secondary N) is 1. The molecule has 5 aromatic rings. The number of para-hydroxylation sites is 1. The van der Waals surface area contributed by atoms with E-state index in [1.165, 1.54) is 12.3 Å². The van der Waals surface area contributed by atoms with Crippen LogP contribution >= 0.6 is 0 Å². The summed E-state index contributed by atoms with van der Waals surface area (Å²) in [6, 6.07) is 15.9. The van der Waals surface area contributed by atoms with Crippen molar-refractivity contribution in [1.82, 2.24) is 20.3 Å². The highest BCUT2D eigenvalue weighted by Gasteiger charge is 2.17. The Morgan fingerprint density at radius 3 is 2.65 bits per heavy atom. The number of rotatable bonds is 6. The number of amides is 1. The van der Waals surface area contributed by atoms with Crippen LogP contribution in [0.3, 0.4) is 0 Å². The fourth-order valence-electron chi connectivity index (χ4n) is 3.01. The van der Waals surface area contributed by atoms with Gasteiger partial charge < -0.3 is 18.8 Å². The zero-order valence-corrected chi connectivity index (χ0v) is 16.1. The number of carbonyl (C=O) groups is 1. The molecule has 0 radical (unpaired) electrons. The van der Waals surface area contributed by atoms with Crippen LogP contribution in [0, 0.1) is 0 Å². The van der Waals surface area contributed by atoms with Gasteiger partial charge in [0.25, 0.3) is 5.91 Å². The number of nitrogens with zero attached hydrogens (tertiary/aromatic N) is 4. The van der Waals surface area contributed by atoms with Crippen molar-refractivity contribution in [2.24, 2.45) is 0 Å². The second-order valence-corrected chi connectivity index (χ2v) is 6.59. The Labute approximate surface area is 175 Å². The summed E-state index contributed by atoms with van der Waals surface area (Å²) < 4.78 is 15.8. The smallest absolute Gasteiger partial charge is 0.277 e. The third-order valence-electron chi connectivity index (χ3n) is 4.52. The molecule has 5 rings (SSSR count). The lowest BCUT2D eigenvalue weighted by Crippen LogP contribution is -2.13. The van der Waals surface area contributed by atoms with E-state index >= 15 is 0 Å². The van der Waals surface area contributed by atoms with E-state index in [4.69, 9.17) is 13.5 Å². The van der Waals surface area contributed by atoms with Gasteiger partial charge in [-0.1, -0.05) is 28.5 Å². The van der Waals surface area contributed by atoms with Crippen LogP contribution in [0.2, 0.25) is 0 Å². The number of benzene rings is 1. The predicted molar refractivity (Wildman–Crippen MR) is 109 cm³/mol. The maximum Gasteiger partial charge on any atom is 0.277 e. The van der Waals surface area contributed by atoms with E-state index < -0.39 is 5.91 Å². The first kappa shape index (κ1) is 18.5. The first-order valence-electron chi connectivity index (χ1n) is 9.39. The monoisotopic (exact) mass is 413 g/mol. The average molecular weight is 413 g/mol. The summed E-state index contributed by atoms with van der Waals surface area (Å²) in [7, 11) is 0. The number of aromatic nitrogens is 4. The third kappa shape index (κ3) is 3.97. The second-order valence-electron chi connectivity index (χ2n) is 6.59. The number of hydrogen-bond donors (Lipinski definition) is 1.